The van der Waals surface area contributed by atoms with Crippen LogP contribution in [0.25, 0.3) is 0 Å². The molecule has 0 aliphatic heterocycles. The highest BCUT2D eigenvalue weighted by Gasteiger charge is 2.24. The topological polar surface area (TPSA) is 57.5 Å². The highest BCUT2D eigenvalue weighted by molar-refractivity contribution is 5.69. The largest absolute Gasteiger partial charge is 0.508 e. The van der Waals surface area contributed by atoms with Gasteiger partial charge in [0.25, 0.3) is 0 Å². The number of rotatable bonds is 3. The Hall–Kier alpha value is -1.51. The lowest BCUT2D eigenvalue weighted by Crippen LogP contribution is -2.21. The van der Waals surface area contributed by atoms with E-state index in [1.165, 1.54) is 0 Å². The predicted molar refractivity (Wildman–Crippen MR) is 58.1 cm³/mol. The minimum absolute atomic E-state index is 0.0511. The van der Waals surface area contributed by atoms with Crippen LogP contribution in [-0.2, 0) is 10.2 Å². The van der Waals surface area contributed by atoms with E-state index in [-0.39, 0.29) is 12.2 Å². The molecule has 1 aromatic rings. The summed E-state index contributed by atoms with van der Waals surface area (Å²) in [7, 11) is 0. The van der Waals surface area contributed by atoms with Crippen LogP contribution < -0.4 is 0 Å². The van der Waals surface area contributed by atoms with Gasteiger partial charge in [0.1, 0.15) is 5.75 Å². The molecule has 0 saturated carbocycles. The zero-order chi connectivity index (χ0) is 11.6. The van der Waals surface area contributed by atoms with Crippen molar-refractivity contribution in [1.29, 1.82) is 0 Å². The Morgan fingerprint density at radius 2 is 2.00 bits per heavy atom. The molecule has 1 aromatic carbocycles. The van der Waals surface area contributed by atoms with Crippen LogP contribution in [0.5, 0.6) is 5.75 Å². The van der Waals surface area contributed by atoms with Gasteiger partial charge in [-0.1, -0.05) is 26.0 Å². The molecule has 0 saturated heterocycles. The lowest BCUT2D eigenvalue weighted by atomic mass is 9.81. The van der Waals surface area contributed by atoms with Gasteiger partial charge in [-0.3, -0.25) is 4.79 Å². The molecule has 0 bridgehead atoms. The van der Waals surface area contributed by atoms with E-state index < -0.39 is 11.4 Å². The second-order valence-corrected chi connectivity index (χ2v) is 4.46. The number of hydrogen-bond acceptors (Lipinski definition) is 2. The van der Waals surface area contributed by atoms with Crippen LogP contribution in [0.15, 0.2) is 18.2 Å². The number of phenols is 1. The number of hydrogen-bond donors (Lipinski definition) is 2. The second kappa shape index (κ2) is 3.93. The van der Waals surface area contributed by atoms with Crippen molar-refractivity contribution in [2.24, 2.45) is 0 Å². The van der Waals surface area contributed by atoms with Crippen LogP contribution in [0.4, 0.5) is 0 Å². The molecule has 0 radical (unpaired) electrons. The number of carbonyl (C=O) groups is 1. The van der Waals surface area contributed by atoms with Crippen molar-refractivity contribution in [2.75, 3.05) is 0 Å². The fourth-order valence-electron chi connectivity index (χ4n) is 1.51. The SMILES string of the molecule is Cc1ccc(C(C)(C)CC(=O)O)cc1O. The van der Waals surface area contributed by atoms with Crippen molar-refractivity contribution in [3.05, 3.63) is 29.3 Å². The average molecular weight is 208 g/mol. The summed E-state index contributed by atoms with van der Waals surface area (Å²) < 4.78 is 0. The van der Waals surface area contributed by atoms with Crippen molar-refractivity contribution in [3.8, 4) is 5.75 Å². The molecule has 0 spiro atoms. The third-order valence-corrected chi connectivity index (χ3v) is 2.58. The number of benzene rings is 1. The van der Waals surface area contributed by atoms with Crippen LogP contribution in [0.1, 0.15) is 31.4 Å². The monoisotopic (exact) mass is 208 g/mol. The summed E-state index contributed by atoms with van der Waals surface area (Å²) in [6, 6.07) is 5.30. The van der Waals surface area contributed by atoms with Gasteiger partial charge in [0.15, 0.2) is 0 Å². The van der Waals surface area contributed by atoms with Crippen molar-refractivity contribution in [2.45, 2.75) is 32.6 Å². The summed E-state index contributed by atoms with van der Waals surface area (Å²) in [4.78, 5) is 10.7. The number of carboxylic acid groups (broad SMARTS) is 1. The van der Waals surface area contributed by atoms with Gasteiger partial charge in [-0.25, -0.2) is 0 Å². The normalized spacial score (nSPS) is 11.4. The summed E-state index contributed by atoms with van der Waals surface area (Å²) in [6.45, 7) is 5.51. The smallest absolute Gasteiger partial charge is 0.304 e. The quantitative estimate of drug-likeness (QED) is 0.802. The van der Waals surface area contributed by atoms with Crippen molar-refractivity contribution >= 4 is 5.97 Å². The van der Waals surface area contributed by atoms with Crippen LogP contribution >= 0.6 is 0 Å². The van der Waals surface area contributed by atoms with Crippen LogP contribution in [-0.4, -0.2) is 16.2 Å². The first kappa shape index (κ1) is 11.6. The highest BCUT2D eigenvalue weighted by Crippen LogP contribution is 2.30. The first-order chi connectivity index (χ1) is 6.83. The van der Waals surface area contributed by atoms with Crippen LogP contribution in [0, 0.1) is 6.92 Å². The highest BCUT2D eigenvalue weighted by atomic mass is 16.4. The molecular weight excluding hydrogens is 192 g/mol. The molecule has 3 heteroatoms. The molecule has 0 amide bonds. The summed E-state index contributed by atoms with van der Waals surface area (Å²) >= 11 is 0. The van der Waals surface area contributed by atoms with Gasteiger partial charge in [0.2, 0.25) is 0 Å². The van der Waals surface area contributed by atoms with Gasteiger partial charge in [0, 0.05) is 5.41 Å². The molecule has 0 fully saturated rings. The molecule has 15 heavy (non-hydrogen) atoms. The van der Waals surface area contributed by atoms with Crippen LogP contribution in [0.3, 0.4) is 0 Å². The fraction of sp³-hybridized carbons (Fsp3) is 0.417. The van der Waals surface area contributed by atoms with E-state index in [9.17, 15) is 9.90 Å². The maximum atomic E-state index is 10.7. The van der Waals surface area contributed by atoms with Crippen molar-refractivity contribution < 1.29 is 15.0 Å². The summed E-state index contributed by atoms with van der Waals surface area (Å²) in [6.07, 6.45) is 0.0511. The molecular formula is C12H16O3. The number of aryl methyl sites for hydroxylation is 1. The summed E-state index contributed by atoms with van der Waals surface area (Å²) in [5.41, 5.74) is 1.18. The molecule has 0 aliphatic carbocycles. The molecule has 1 rings (SSSR count). The van der Waals surface area contributed by atoms with Crippen molar-refractivity contribution in [1.82, 2.24) is 0 Å². The van der Waals surface area contributed by atoms with E-state index in [4.69, 9.17) is 5.11 Å². The zero-order valence-electron chi connectivity index (χ0n) is 9.24. The average Bonchev–Trinajstić information content (AvgIpc) is 2.07. The minimum Gasteiger partial charge on any atom is -0.508 e. The number of carboxylic acids is 1. The predicted octanol–water partition coefficient (Wildman–Crippen LogP) is 2.45. The Kier molecular flexibility index (Phi) is 3.03. The minimum atomic E-state index is -0.833. The summed E-state index contributed by atoms with van der Waals surface area (Å²) in [5.74, 6) is -0.619. The molecule has 0 heterocycles. The van der Waals surface area contributed by atoms with E-state index >= 15 is 0 Å². The number of phenolic OH excluding ortho intramolecular Hbond substituents is 1. The Morgan fingerprint density at radius 3 is 2.47 bits per heavy atom. The van der Waals surface area contributed by atoms with E-state index in [0.717, 1.165) is 11.1 Å². The number of aromatic hydroxyl groups is 1. The maximum absolute atomic E-state index is 10.7. The molecule has 0 unspecified atom stereocenters. The zero-order valence-corrected chi connectivity index (χ0v) is 9.24. The second-order valence-electron chi connectivity index (χ2n) is 4.46. The first-order valence-electron chi connectivity index (χ1n) is 4.85. The fourth-order valence-corrected chi connectivity index (χ4v) is 1.51. The van der Waals surface area contributed by atoms with Gasteiger partial charge < -0.3 is 10.2 Å². The van der Waals surface area contributed by atoms with E-state index in [2.05, 4.69) is 0 Å². The lowest BCUT2D eigenvalue weighted by Gasteiger charge is -2.23. The van der Waals surface area contributed by atoms with Gasteiger partial charge >= 0.3 is 5.97 Å². The van der Waals surface area contributed by atoms with E-state index in [1.807, 2.05) is 26.8 Å². The maximum Gasteiger partial charge on any atom is 0.304 e. The first-order valence-corrected chi connectivity index (χ1v) is 4.85. The van der Waals surface area contributed by atoms with E-state index in [1.54, 1.807) is 12.1 Å². The van der Waals surface area contributed by atoms with Gasteiger partial charge in [-0.15, -0.1) is 0 Å². The molecule has 0 aromatic heterocycles. The van der Waals surface area contributed by atoms with E-state index in [0.29, 0.717) is 0 Å². The molecule has 0 atom stereocenters. The molecule has 3 nitrogen and oxygen atoms in total. The Balaban J connectivity index is 3.04. The third-order valence-electron chi connectivity index (χ3n) is 2.58. The molecule has 2 N–H and O–H groups in total. The lowest BCUT2D eigenvalue weighted by molar-refractivity contribution is -0.138. The number of aliphatic carboxylic acids is 1. The third kappa shape index (κ3) is 2.72. The molecule has 82 valence electrons. The Labute approximate surface area is 89.4 Å². The Bertz CT molecular complexity index is 380. The molecule has 0 aliphatic rings. The van der Waals surface area contributed by atoms with Gasteiger partial charge in [0.05, 0.1) is 6.42 Å². The van der Waals surface area contributed by atoms with Crippen LogP contribution in [0.2, 0.25) is 0 Å². The van der Waals surface area contributed by atoms with Crippen molar-refractivity contribution in [3.63, 3.8) is 0 Å². The standard InChI is InChI=1S/C12H16O3/c1-8-4-5-9(6-10(8)13)12(2,3)7-11(14)15/h4-6,13H,7H2,1-3H3,(H,14,15). The van der Waals surface area contributed by atoms with Gasteiger partial charge in [-0.05, 0) is 24.1 Å². The Morgan fingerprint density at radius 1 is 1.40 bits per heavy atom. The van der Waals surface area contributed by atoms with Gasteiger partial charge in [-0.2, -0.15) is 0 Å². The summed E-state index contributed by atoms with van der Waals surface area (Å²) in [5, 5.41) is 18.3.